The van der Waals surface area contributed by atoms with Gasteiger partial charge in [0.2, 0.25) is 17.7 Å². The molecule has 0 spiro atoms. The summed E-state index contributed by atoms with van der Waals surface area (Å²) in [5.74, 6) is -3.35. The lowest BCUT2D eigenvalue weighted by molar-refractivity contribution is -0.142. The van der Waals surface area contributed by atoms with Gasteiger partial charge < -0.3 is 21.1 Å². The fraction of sp³-hybridized carbons (Fsp3) is 0.524. The van der Waals surface area contributed by atoms with Crippen LogP contribution in [0.5, 0.6) is 0 Å². The lowest BCUT2D eigenvalue weighted by Gasteiger charge is -2.26. The summed E-state index contributed by atoms with van der Waals surface area (Å²) in [5, 5.41) is 20.3. The maximum atomic E-state index is 12.8. The van der Waals surface area contributed by atoms with Crippen molar-refractivity contribution in [2.24, 2.45) is 11.0 Å². The van der Waals surface area contributed by atoms with Crippen molar-refractivity contribution < 1.29 is 24.3 Å². The molecule has 0 saturated carbocycles. The second-order valence-electron chi connectivity index (χ2n) is 7.57. The standard InChI is InChI=1S/C21H30N6O5/c1-5-12(2)17(25-19(29)14(4)26-27-22)20(30)23-13(3)18(28)24-16(21(31)32)11-15-9-7-6-8-10-15/h6-10,12-14,16-17H,5,11H2,1-4H3,(H,23,30)(H,24,28)(H,25,29)(H,31,32)/t12-,13+,14+,16+,17-/m1/s1. The fourth-order valence-electron chi connectivity index (χ4n) is 2.82. The van der Waals surface area contributed by atoms with Gasteiger partial charge in [0.1, 0.15) is 24.2 Å². The third kappa shape index (κ3) is 8.27. The normalized spacial score (nSPS) is 15.1. The molecule has 0 aliphatic heterocycles. The molecular weight excluding hydrogens is 416 g/mol. The molecule has 1 rings (SSSR count). The molecule has 4 N–H and O–H groups in total. The average Bonchev–Trinajstić information content (AvgIpc) is 2.76. The van der Waals surface area contributed by atoms with Crippen LogP contribution in [-0.4, -0.2) is 53.0 Å². The minimum absolute atomic E-state index is 0.0887. The number of amides is 3. The number of benzene rings is 1. The van der Waals surface area contributed by atoms with Gasteiger partial charge in [-0.15, -0.1) is 0 Å². The van der Waals surface area contributed by atoms with Gasteiger partial charge in [0.05, 0.1) is 0 Å². The van der Waals surface area contributed by atoms with Gasteiger partial charge in [0.15, 0.2) is 0 Å². The molecular formula is C21H30N6O5. The van der Waals surface area contributed by atoms with Gasteiger partial charge in [-0.25, -0.2) is 4.79 Å². The number of carboxylic acid groups (broad SMARTS) is 1. The highest BCUT2D eigenvalue weighted by atomic mass is 16.4. The van der Waals surface area contributed by atoms with E-state index in [2.05, 4.69) is 26.0 Å². The van der Waals surface area contributed by atoms with Crippen molar-refractivity contribution >= 4 is 23.7 Å². The Morgan fingerprint density at radius 1 is 1.00 bits per heavy atom. The Morgan fingerprint density at radius 3 is 2.16 bits per heavy atom. The molecule has 0 aliphatic carbocycles. The quantitative estimate of drug-likeness (QED) is 0.216. The predicted octanol–water partition coefficient (Wildman–Crippen LogP) is 1.53. The molecule has 11 nitrogen and oxygen atoms in total. The van der Waals surface area contributed by atoms with E-state index in [0.29, 0.717) is 6.42 Å². The van der Waals surface area contributed by atoms with Crippen LogP contribution in [0.15, 0.2) is 35.4 Å². The molecule has 5 atom stereocenters. The second kappa shape index (κ2) is 13.0. The number of aliphatic carboxylic acids is 1. The van der Waals surface area contributed by atoms with Crippen molar-refractivity contribution in [3.8, 4) is 0 Å². The smallest absolute Gasteiger partial charge is 0.326 e. The van der Waals surface area contributed by atoms with E-state index in [9.17, 15) is 24.3 Å². The third-order valence-electron chi connectivity index (χ3n) is 5.05. The molecule has 0 saturated heterocycles. The summed E-state index contributed by atoms with van der Waals surface area (Å²) < 4.78 is 0. The second-order valence-corrected chi connectivity index (χ2v) is 7.57. The van der Waals surface area contributed by atoms with Gasteiger partial charge in [-0.2, -0.15) is 0 Å². The number of rotatable bonds is 12. The average molecular weight is 447 g/mol. The molecule has 32 heavy (non-hydrogen) atoms. The first-order valence-corrected chi connectivity index (χ1v) is 10.3. The number of hydrogen-bond acceptors (Lipinski definition) is 5. The number of carbonyl (C=O) groups is 4. The molecule has 1 aromatic rings. The lowest BCUT2D eigenvalue weighted by atomic mass is 9.97. The molecule has 0 radical (unpaired) electrons. The zero-order valence-electron chi connectivity index (χ0n) is 18.6. The Labute approximate surface area is 186 Å². The Kier molecular flexibility index (Phi) is 10.7. The van der Waals surface area contributed by atoms with Crippen molar-refractivity contribution in [2.75, 3.05) is 0 Å². The van der Waals surface area contributed by atoms with Crippen LogP contribution in [0.25, 0.3) is 10.4 Å². The van der Waals surface area contributed by atoms with E-state index in [1.807, 2.05) is 6.92 Å². The minimum atomic E-state index is -1.20. The summed E-state index contributed by atoms with van der Waals surface area (Å²) >= 11 is 0. The van der Waals surface area contributed by atoms with Gasteiger partial charge >= 0.3 is 5.97 Å². The number of carboxylic acids is 1. The fourth-order valence-corrected chi connectivity index (χ4v) is 2.82. The van der Waals surface area contributed by atoms with E-state index in [0.717, 1.165) is 5.56 Å². The Balaban J connectivity index is 2.82. The van der Waals surface area contributed by atoms with Crippen LogP contribution in [0.4, 0.5) is 0 Å². The first kappa shape index (κ1) is 26.4. The topological polar surface area (TPSA) is 173 Å². The highest BCUT2D eigenvalue weighted by Gasteiger charge is 2.30. The van der Waals surface area contributed by atoms with Crippen molar-refractivity contribution in [3.05, 3.63) is 46.3 Å². The van der Waals surface area contributed by atoms with Crippen LogP contribution in [0.1, 0.15) is 39.7 Å². The van der Waals surface area contributed by atoms with E-state index in [-0.39, 0.29) is 12.3 Å². The highest BCUT2D eigenvalue weighted by Crippen LogP contribution is 2.10. The van der Waals surface area contributed by atoms with Gasteiger partial charge in [0.25, 0.3) is 0 Å². The lowest BCUT2D eigenvalue weighted by Crippen LogP contribution is -2.57. The van der Waals surface area contributed by atoms with Gasteiger partial charge in [-0.05, 0) is 30.9 Å². The van der Waals surface area contributed by atoms with Crippen molar-refractivity contribution in [2.45, 2.75) is 64.7 Å². The summed E-state index contributed by atoms with van der Waals surface area (Å²) in [5.41, 5.74) is 9.22. The Bertz CT molecular complexity index is 855. The van der Waals surface area contributed by atoms with Gasteiger partial charge in [-0.1, -0.05) is 55.7 Å². The first-order chi connectivity index (χ1) is 15.1. The van der Waals surface area contributed by atoms with E-state index in [4.69, 9.17) is 5.53 Å². The van der Waals surface area contributed by atoms with Crippen LogP contribution < -0.4 is 16.0 Å². The summed E-state index contributed by atoms with van der Waals surface area (Å²) in [6.45, 7) is 6.42. The summed E-state index contributed by atoms with van der Waals surface area (Å²) in [6, 6.07) is 4.67. The van der Waals surface area contributed by atoms with Crippen molar-refractivity contribution in [3.63, 3.8) is 0 Å². The minimum Gasteiger partial charge on any atom is -0.480 e. The van der Waals surface area contributed by atoms with E-state index in [1.165, 1.54) is 13.8 Å². The Hall–Kier alpha value is -3.59. The number of carbonyl (C=O) groups excluding carboxylic acids is 3. The molecule has 1 aromatic carbocycles. The van der Waals surface area contributed by atoms with Crippen LogP contribution >= 0.6 is 0 Å². The molecule has 11 heteroatoms. The molecule has 0 heterocycles. The number of nitrogens with zero attached hydrogens (tertiary/aromatic N) is 3. The summed E-state index contributed by atoms with van der Waals surface area (Å²) in [7, 11) is 0. The predicted molar refractivity (Wildman–Crippen MR) is 117 cm³/mol. The molecule has 0 unspecified atom stereocenters. The molecule has 3 amide bonds. The molecule has 0 aliphatic rings. The Morgan fingerprint density at radius 2 is 1.62 bits per heavy atom. The van der Waals surface area contributed by atoms with Crippen molar-refractivity contribution in [1.29, 1.82) is 0 Å². The van der Waals surface area contributed by atoms with Crippen LogP contribution in [0.3, 0.4) is 0 Å². The van der Waals surface area contributed by atoms with Crippen LogP contribution in [0.2, 0.25) is 0 Å². The molecule has 0 aromatic heterocycles. The number of nitrogens with one attached hydrogen (secondary N) is 3. The van der Waals surface area contributed by atoms with Crippen LogP contribution in [-0.2, 0) is 25.6 Å². The molecule has 0 bridgehead atoms. The SMILES string of the molecule is CC[C@@H](C)[C@@H](NC(=O)[C@H](C)N=[N+]=[N-])C(=O)N[C@@H](C)C(=O)N[C@@H](Cc1ccccc1)C(=O)O. The van der Waals surface area contributed by atoms with Crippen molar-refractivity contribution in [1.82, 2.24) is 16.0 Å². The summed E-state index contributed by atoms with van der Waals surface area (Å²) in [4.78, 5) is 51.6. The number of hydrogen-bond donors (Lipinski definition) is 4. The number of azide groups is 1. The maximum Gasteiger partial charge on any atom is 0.326 e. The zero-order valence-corrected chi connectivity index (χ0v) is 18.6. The first-order valence-electron chi connectivity index (χ1n) is 10.3. The third-order valence-corrected chi connectivity index (χ3v) is 5.05. The van der Waals surface area contributed by atoms with E-state index < -0.39 is 47.9 Å². The zero-order chi connectivity index (χ0) is 24.3. The van der Waals surface area contributed by atoms with Gasteiger partial charge in [0, 0.05) is 11.3 Å². The maximum absolute atomic E-state index is 12.8. The highest BCUT2D eigenvalue weighted by molar-refractivity contribution is 5.94. The largest absolute Gasteiger partial charge is 0.480 e. The van der Waals surface area contributed by atoms with E-state index >= 15 is 0 Å². The molecule has 0 fully saturated rings. The monoisotopic (exact) mass is 446 g/mol. The molecule has 174 valence electrons. The van der Waals surface area contributed by atoms with Gasteiger partial charge in [-0.3, -0.25) is 14.4 Å². The summed E-state index contributed by atoms with van der Waals surface area (Å²) in [6.07, 6.45) is 0.651. The van der Waals surface area contributed by atoms with E-state index in [1.54, 1.807) is 37.3 Å². The van der Waals surface area contributed by atoms with Crippen LogP contribution in [0, 0.1) is 5.92 Å².